The molecule has 2 aliphatic heterocycles. The minimum absolute atomic E-state index is 0.102. The largest absolute Gasteiger partial charge is 0.336 e. The average molecular weight is 197 g/mol. The van der Waals surface area contributed by atoms with Crippen molar-refractivity contribution in [1.82, 2.24) is 15.1 Å². The van der Waals surface area contributed by atoms with Gasteiger partial charge in [0, 0.05) is 39.3 Å². The predicted molar refractivity (Wildman–Crippen MR) is 55.2 cm³/mol. The molecule has 2 amide bonds. The number of hydrogen-bond donors (Lipinski definition) is 1. The van der Waals surface area contributed by atoms with Crippen LogP contribution in [0.3, 0.4) is 0 Å². The molecule has 0 aromatic heterocycles. The van der Waals surface area contributed by atoms with Crippen LogP contribution in [0.2, 0.25) is 0 Å². The summed E-state index contributed by atoms with van der Waals surface area (Å²) in [5.41, 5.74) is 0.493. The van der Waals surface area contributed by atoms with Crippen molar-refractivity contribution in [3.05, 3.63) is 0 Å². The lowest BCUT2D eigenvalue weighted by Crippen LogP contribution is -2.54. The van der Waals surface area contributed by atoms with Crippen molar-refractivity contribution in [2.24, 2.45) is 5.41 Å². The SMILES string of the molecule is CC1(C)CN(CCN2CCNC2=O)C1. The molecule has 0 bridgehead atoms. The highest BCUT2D eigenvalue weighted by Crippen LogP contribution is 2.27. The maximum Gasteiger partial charge on any atom is 0.317 e. The van der Waals surface area contributed by atoms with E-state index >= 15 is 0 Å². The first kappa shape index (κ1) is 9.77. The zero-order valence-electron chi connectivity index (χ0n) is 9.05. The van der Waals surface area contributed by atoms with E-state index in [1.54, 1.807) is 0 Å². The molecule has 2 heterocycles. The second kappa shape index (κ2) is 3.42. The van der Waals surface area contributed by atoms with Crippen molar-refractivity contribution < 1.29 is 4.79 Å². The number of carbonyl (C=O) groups excluding carboxylic acids is 1. The average Bonchev–Trinajstić information content (AvgIpc) is 2.44. The maximum atomic E-state index is 11.2. The van der Waals surface area contributed by atoms with Gasteiger partial charge < -0.3 is 15.1 Å². The van der Waals surface area contributed by atoms with Gasteiger partial charge in [0.05, 0.1) is 0 Å². The van der Waals surface area contributed by atoms with Crippen molar-refractivity contribution in [1.29, 1.82) is 0 Å². The van der Waals surface area contributed by atoms with Gasteiger partial charge in [0.15, 0.2) is 0 Å². The van der Waals surface area contributed by atoms with Crippen molar-refractivity contribution in [2.75, 3.05) is 39.3 Å². The number of amides is 2. The van der Waals surface area contributed by atoms with E-state index in [1.165, 1.54) is 13.1 Å². The standard InChI is InChI=1S/C10H19N3O/c1-10(2)7-12(8-10)5-6-13-4-3-11-9(13)14/h3-8H2,1-2H3,(H,11,14). The van der Waals surface area contributed by atoms with E-state index in [1.807, 2.05) is 4.90 Å². The first-order valence-electron chi connectivity index (χ1n) is 5.32. The van der Waals surface area contributed by atoms with Gasteiger partial charge in [0.1, 0.15) is 0 Å². The summed E-state index contributed by atoms with van der Waals surface area (Å²) in [6.45, 7) is 10.5. The molecule has 0 spiro atoms. The van der Waals surface area contributed by atoms with Crippen molar-refractivity contribution in [2.45, 2.75) is 13.8 Å². The lowest BCUT2D eigenvalue weighted by atomic mass is 9.84. The molecular formula is C10H19N3O. The van der Waals surface area contributed by atoms with Crippen LogP contribution in [0.5, 0.6) is 0 Å². The summed E-state index contributed by atoms with van der Waals surface area (Å²) in [5, 5.41) is 2.81. The first-order valence-corrected chi connectivity index (χ1v) is 5.32. The Morgan fingerprint density at radius 2 is 2.07 bits per heavy atom. The van der Waals surface area contributed by atoms with Gasteiger partial charge in [-0.1, -0.05) is 13.8 Å². The Balaban J connectivity index is 1.66. The fraction of sp³-hybridized carbons (Fsp3) is 0.900. The van der Waals surface area contributed by atoms with Crippen LogP contribution in [0.15, 0.2) is 0 Å². The van der Waals surface area contributed by atoms with Crippen LogP contribution in [-0.4, -0.2) is 55.1 Å². The van der Waals surface area contributed by atoms with Gasteiger partial charge in [-0.2, -0.15) is 0 Å². The highest BCUT2D eigenvalue weighted by Gasteiger charge is 2.34. The molecule has 2 saturated heterocycles. The fourth-order valence-electron chi connectivity index (χ4n) is 2.31. The normalized spacial score (nSPS) is 26.1. The lowest BCUT2D eigenvalue weighted by Gasteiger charge is -2.46. The summed E-state index contributed by atoms with van der Waals surface area (Å²) in [4.78, 5) is 15.5. The fourth-order valence-corrected chi connectivity index (χ4v) is 2.31. The highest BCUT2D eigenvalue weighted by molar-refractivity contribution is 5.76. The van der Waals surface area contributed by atoms with Crippen molar-refractivity contribution in [3.63, 3.8) is 0 Å². The third-order valence-corrected chi connectivity index (χ3v) is 2.93. The van der Waals surface area contributed by atoms with Gasteiger partial charge in [-0.05, 0) is 5.41 Å². The molecule has 0 aliphatic carbocycles. The number of carbonyl (C=O) groups is 1. The molecule has 4 heteroatoms. The highest BCUT2D eigenvalue weighted by atomic mass is 16.2. The number of urea groups is 1. The summed E-state index contributed by atoms with van der Waals surface area (Å²) in [6, 6.07) is 0.102. The van der Waals surface area contributed by atoms with Gasteiger partial charge in [-0.15, -0.1) is 0 Å². The Bertz CT molecular complexity index is 232. The number of rotatable bonds is 3. The van der Waals surface area contributed by atoms with Crippen LogP contribution in [0.4, 0.5) is 4.79 Å². The van der Waals surface area contributed by atoms with E-state index in [2.05, 4.69) is 24.1 Å². The molecule has 2 fully saturated rings. The van der Waals surface area contributed by atoms with E-state index < -0.39 is 0 Å². The third kappa shape index (κ3) is 2.00. The molecule has 0 aromatic rings. The lowest BCUT2D eigenvalue weighted by molar-refractivity contribution is 0.0272. The zero-order valence-corrected chi connectivity index (χ0v) is 9.05. The van der Waals surface area contributed by atoms with E-state index in [0.29, 0.717) is 5.41 Å². The van der Waals surface area contributed by atoms with Crippen LogP contribution in [0.25, 0.3) is 0 Å². The molecule has 1 N–H and O–H groups in total. The summed E-state index contributed by atoms with van der Waals surface area (Å²) < 4.78 is 0. The summed E-state index contributed by atoms with van der Waals surface area (Å²) in [6.07, 6.45) is 0. The van der Waals surface area contributed by atoms with Crippen LogP contribution in [-0.2, 0) is 0 Å². The number of nitrogens with one attached hydrogen (secondary N) is 1. The van der Waals surface area contributed by atoms with Crippen LogP contribution < -0.4 is 5.32 Å². The summed E-state index contributed by atoms with van der Waals surface area (Å²) >= 11 is 0. The van der Waals surface area contributed by atoms with E-state index in [-0.39, 0.29) is 6.03 Å². The molecule has 0 radical (unpaired) electrons. The zero-order chi connectivity index (χ0) is 10.2. The molecule has 80 valence electrons. The smallest absolute Gasteiger partial charge is 0.317 e. The topological polar surface area (TPSA) is 35.6 Å². The second-order valence-corrected chi connectivity index (χ2v) is 5.09. The Kier molecular flexibility index (Phi) is 2.39. The first-order chi connectivity index (χ1) is 6.57. The molecule has 14 heavy (non-hydrogen) atoms. The monoisotopic (exact) mass is 197 g/mol. The predicted octanol–water partition coefficient (Wildman–Crippen LogP) is 0.353. The van der Waals surface area contributed by atoms with Gasteiger partial charge >= 0.3 is 6.03 Å². The molecule has 0 atom stereocenters. The minimum atomic E-state index is 0.102. The van der Waals surface area contributed by atoms with E-state index in [4.69, 9.17) is 0 Å². The Morgan fingerprint density at radius 3 is 2.57 bits per heavy atom. The number of hydrogen-bond acceptors (Lipinski definition) is 2. The van der Waals surface area contributed by atoms with E-state index in [0.717, 1.165) is 26.2 Å². The van der Waals surface area contributed by atoms with Crippen molar-refractivity contribution >= 4 is 6.03 Å². The van der Waals surface area contributed by atoms with Gasteiger partial charge in [0.25, 0.3) is 0 Å². The molecule has 2 rings (SSSR count). The Labute approximate surface area is 85.2 Å². The molecule has 2 aliphatic rings. The molecule has 0 saturated carbocycles. The third-order valence-electron chi connectivity index (χ3n) is 2.93. The second-order valence-electron chi connectivity index (χ2n) is 5.09. The summed E-state index contributed by atoms with van der Waals surface area (Å²) in [7, 11) is 0. The maximum absolute atomic E-state index is 11.2. The Hall–Kier alpha value is -0.770. The minimum Gasteiger partial charge on any atom is -0.336 e. The molecule has 4 nitrogen and oxygen atoms in total. The van der Waals surface area contributed by atoms with Crippen LogP contribution in [0.1, 0.15) is 13.8 Å². The van der Waals surface area contributed by atoms with Crippen molar-refractivity contribution in [3.8, 4) is 0 Å². The van der Waals surface area contributed by atoms with Crippen LogP contribution in [0, 0.1) is 5.41 Å². The van der Waals surface area contributed by atoms with Gasteiger partial charge in [-0.3, -0.25) is 0 Å². The quantitative estimate of drug-likeness (QED) is 0.709. The number of nitrogens with zero attached hydrogens (tertiary/aromatic N) is 2. The molecule has 0 aromatic carbocycles. The Morgan fingerprint density at radius 1 is 1.36 bits per heavy atom. The van der Waals surface area contributed by atoms with Crippen LogP contribution >= 0.6 is 0 Å². The van der Waals surface area contributed by atoms with E-state index in [9.17, 15) is 4.79 Å². The molecular weight excluding hydrogens is 178 g/mol. The summed E-state index contributed by atoms with van der Waals surface area (Å²) in [5.74, 6) is 0. The van der Waals surface area contributed by atoms with Gasteiger partial charge in [0.2, 0.25) is 0 Å². The molecule has 0 unspecified atom stereocenters. The number of likely N-dealkylation sites (tertiary alicyclic amines) is 1. The van der Waals surface area contributed by atoms with Gasteiger partial charge in [-0.25, -0.2) is 4.79 Å².